The predicted molar refractivity (Wildman–Crippen MR) is 77.5 cm³/mol. The molecule has 1 N–H and O–H groups in total. The third-order valence-corrected chi connectivity index (χ3v) is 3.63. The van der Waals surface area contributed by atoms with Crippen molar-refractivity contribution >= 4 is 5.91 Å². The second-order valence-electron chi connectivity index (χ2n) is 5.54. The number of hydrogen-bond acceptors (Lipinski definition) is 3. The summed E-state index contributed by atoms with van der Waals surface area (Å²) in [4.78, 5) is 14.0. The van der Waals surface area contributed by atoms with Gasteiger partial charge in [-0.2, -0.15) is 0 Å². The fourth-order valence-corrected chi connectivity index (χ4v) is 2.51. The number of carbonyl (C=O) groups is 1. The molecule has 0 spiro atoms. The van der Waals surface area contributed by atoms with E-state index in [0.29, 0.717) is 19.5 Å². The van der Waals surface area contributed by atoms with Crippen molar-refractivity contribution in [3.05, 3.63) is 35.4 Å². The number of amides is 1. The summed E-state index contributed by atoms with van der Waals surface area (Å²) in [5.74, 6) is 0.138. The van der Waals surface area contributed by atoms with Gasteiger partial charge in [0.1, 0.15) is 0 Å². The van der Waals surface area contributed by atoms with E-state index >= 15 is 0 Å². The highest BCUT2D eigenvalue weighted by Gasteiger charge is 2.27. The second kappa shape index (κ2) is 6.86. The van der Waals surface area contributed by atoms with E-state index in [0.717, 1.165) is 6.42 Å². The van der Waals surface area contributed by atoms with Crippen molar-refractivity contribution in [2.24, 2.45) is 0 Å². The molecule has 1 amide bonds. The Bertz CT molecular complexity index is 444. The highest BCUT2D eigenvalue weighted by Crippen LogP contribution is 2.13. The van der Waals surface area contributed by atoms with Gasteiger partial charge in [-0.3, -0.25) is 4.79 Å². The zero-order chi connectivity index (χ0) is 14.5. The second-order valence-corrected chi connectivity index (χ2v) is 5.54. The minimum Gasteiger partial charge on any atom is -0.394 e. The van der Waals surface area contributed by atoms with Gasteiger partial charge in [-0.15, -0.1) is 0 Å². The van der Waals surface area contributed by atoms with Crippen molar-refractivity contribution in [2.45, 2.75) is 38.9 Å². The molecule has 0 saturated carbocycles. The number of morpholine rings is 1. The summed E-state index contributed by atoms with van der Waals surface area (Å²) in [7, 11) is 0. The average molecular weight is 277 g/mol. The van der Waals surface area contributed by atoms with Crippen LogP contribution in [0.5, 0.6) is 0 Å². The minimum atomic E-state index is -0.248. The minimum absolute atomic E-state index is 0.00998. The molecule has 2 atom stereocenters. The molecule has 0 aromatic heterocycles. The summed E-state index contributed by atoms with van der Waals surface area (Å²) in [6, 6.07) is 8.28. The topological polar surface area (TPSA) is 49.8 Å². The van der Waals surface area contributed by atoms with Crippen LogP contribution in [0.25, 0.3) is 0 Å². The SMILES string of the molecule is Cc1ccc(CCC(=O)N2CC(C)OC(CO)C2)cc1. The van der Waals surface area contributed by atoms with Gasteiger partial charge in [0.25, 0.3) is 0 Å². The first-order valence-corrected chi connectivity index (χ1v) is 7.18. The zero-order valence-corrected chi connectivity index (χ0v) is 12.2. The normalized spacial score (nSPS) is 22.9. The molecule has 1 aromatic carbocycles. The van der Waals surface area contributed by atoms with Crippen LogP contribution in [0.3, 0.4) is 0 Å². The van der Waals surface area contributed by atoms with E-state index in [-0.39, 0.29) is 24.7 Å². The Balaban J connectivity index is 1.86. The van der Waals surface area contributed by atoms with Crippen molar-refractivity contribution in [1.29, 1.82) is 0 Å². The van der Waals surface area contributed by atoms with Crippen LogP contribution in [0.15, 0.2) is 24.3 Å². The third-order valence-electron chi connectivity index (χ3n) is 3.63. The molecule has 1 fully saturated rings. The molecule has 1 aliphatic heterocycles. The van der Waals surface area contributed by atoms with Crippen LogP contribution in [0.4, 0.5) is 0 Å². The first-order chi connectivity index (χ1) is 9.58. The lowest BCUT2D eigenvalue weighted by Crippen LogP contribution is -2.50. The van der Waals surface area contributed by atoms with Crippen molar-refractivity contribution in [2.75, 3.05) is 19.7 Å². The molecular formula is C16H23NO3. The van der Waals surface area contributed by atoms with Crippen molar-refractivity contribution < 1.29 is 14.6 Å². The molecule has 1 aromatic rings. The Hall–Kier alpha value is -1.39. The van der Waals surface area contributed by atoms with E-state index in [1.807, 2.05) is 11.8 Å². The lowest BCUT2D eigenvalue weighted by Gasteiger charge is -2.36. The molecule has 0 radical (unpaired) electrons. The van der Waals surface area contributed by atoms with Crippen molar-refractivity contribution in [3.63, 3.8) is 0 Å². The monoisotopic (exact) mass is 277 g/mol. The zero-order valence-electron chi connectivity index (χ0n) is 12.2. The van der Waals surface area contributed by atoms with Crippen LogP contribution in [0.2, 0.25) is 0 Å². The fourth-order valence-electron chi connectivity index (χ4n) is 2.51. The average Bonchev–Trinajstić information content (AvgIpc) is 2.45. The van der Waals surface area contributed by atoms with Gasteiger partial charge in [-0.1, -0.05) is 29.8 Å². The van der Waals surface area contributed by atoms with Crippen LogP contribution >= 0.6 is 0 Å². The summed E-state index contributed by atoms with van der Waals surface area (Å²) in [6.07, 6.45) is 1.01. The number of carbonyl (C=O) groups excluding carboxylic acids is 1. The van der Waals surface area contributed by atoms with Crippen LogP contribution < -0.4 is 0 Å². The first-order valence-electron chi connectivity index (χ1n) is 7.18. The van der Waals surface area contributed by atoms with Crippen LogP contribution in [0, 0.1) is 6.92 Å². The van der Waals surface area contributed by atoms with E-state index in [4.69, 9.17) is 4.74 Å². The first kappa shape index (κ1) is 15.0. The summed E-state index contributed by atoms with van der Waals surface area (Å²) >= 11 is 0. The number of aliphatic hydroxyl groups excluding tert-OH is 1. The number of aliphatic hydroxyl groups is 1. The molecule has 1 saturated heterocycles. The molecular weight excluding hydrogens is 254 g/mol. The molecule has 2 unspecified atom stereocenters. The molecule has 1 heterocycles. The maximum Gasteiger partial charge on any atom is 0.223 e. The summed E-state index contributed by atoms with van der Waals surface area (Å²) in [5.41, 5.74) is 2.41. The van der Waals surface area contributed by atoms with Crippen molar-refractivity contribution in [1.82, 2.24) is 4.90 Å². The Morgan fingerprint density at radius 2 is 2.05 bits per heavy atom. The van der Waals surface area contributed by atoms with Gasteiger partial charge in [0.15, 0.2) is 0 Å². The lowest BCUT2D eigenvalue weighted by atomic mass is 10.1. The molecule has 1 aliphatic rings. The Morgan fingerprint density at radius 1 is 1.35 bits per heavy atom. The maximum atomic E-state index is 12.2. The molecule has 4 nitrogen and oxygen atoms in total. The number of benzene rings is 1. The lowest BCUT2D eigenvalue weighted by molar-refractivity contribution is -0.147. The van der Waals surface area contributed by atoms with Crippen LogP contribution in [-0.2, 0) is 16.0 Å². The van der Waals surface area contributed by atoms with Gasteiger partial charge in [-0.25, -0.2) is 0 Å². The molecule has 4 heteroatoms. The quantitative estimate of drug-likeness (QED) is 0.908. The fraction of sp³-hybridized carbons (Fsp3) is 0.562. The number of ether oxygens (including phenoxy) is 1. The highest BCUT2D eigenvalue weighted by atomic mass is 16.5. The van der Waals surface area contributed by atoms with Gasteiger partial charge in [0.2, 0.25) is 5.91 Å². The van der Waals surface area contributed by atoms with Gasteiger partial charge in [-0.05, 0) is 25.8 Å². The van der Waals surface area contributed by atoms with Gasteiger partial charge >= 0.3 is 0 Å². The highest BCUT2D eigenvalue weighted by molar-refractivity contribution is 5.76. The Morgan fingerprint density at radius 3 is 2.70 bits per heavy atom. The van der Waals surface area contributed by atoms with Crippen LogP contribution in [-0.4, -0.2) is 47.8 Å². The molecule has 110 valence electrons. The summed E-state index contributed by atoms with van der Waals surface area (Å²) in [5, 5.41) is 9.18. The Labute approximate surface area is 120 Å². The van der Waals surface area contributed by atoms with E-state index in [1.165, 1.54) is 11.1 Å². The number of nitrogens with zero attached hydrogens (tertiary/aromatic N) is 1. The summed E-state index contributed by atoms with van der Waals surface area (Å²) < 4.78 is 5.55. The standard InChI is InChI=1S/C16H23NO3/c1-12-3-5-14(6-4-12)7-8-16(19)17-9-13(2)20-15(10-17)11-18/h3-6,13,15,18H,7-11H2,1-2H3. The van der Waals surface area contributed by atoms with E-state index in [2.05, 4.69) is 31.2 Å². The molecule has 2 rings (SSSR count). The smallest absolute Gasteiger partial charge is 0.223 e. The maximum absolute atomic E-state index is 12.2. The van der Waals surface area contributed by atoms with Crippen LogP contribution in [0.1, 0.15) is 24.5 Å². The Kier molecular flexibility index (Phi) is 5.15. The van der Waals surface area contributed by atoms with Crippen molar-refractivity contribution in [3.8, 4) is 0 Å². The number of aryl methyl sites for hydroxylation is 2. The van der Waals surface area contributed by atoms with E-state index in [9.17, 15) is 9.90 Å². The number of rotatable bonds is 4. The molecule has 0 bridgehead atoms. The molecule has 0 aliphatic carbocycles. The largest absolute Gasteiger partial charge is 0.394 e. The van der Waals surface area contributed by atoms with E-state index in [1.54, 1.807) is 0 Å². The predicted octanol–water partition coefficient (Wildman–Crippen LogP) is 1.54. The number of hydrogen-bond donors (Lipinski definition) is 1. The summed E-state index contributed by atoms with van der Waals surface area (Å²) in [6.45, 7) is 5.06. The van der Waals surface area contributed by atoms with Gasteiger partial charge in [0.05, 0.1) is 18.8 Å². The van der Waals surface area contributed by atoms with Gasteiger partial charge < -0.3 is 14.7 Å². The van der Waals surface area contributed by atoms with E-state index < -0.39 is 0 Å². The third kappa shape index (κ3) is 4.05. The molecule has 20 heavy (non-hydrogen) atoms. The van der Waals surface area contributed by atoms with Gasteiger partial charge in [0, 0.05) is 19.5 Å².